The Morgan fingerprint density at radius 2 is 1.55 bits per heavy atom. The molecule has 0 heterocycles. The van der Waals surface area contributed by atoms with Crippen LogP contribution in [0.1, 0.15) is 21.5 Å². The fraction of sp³-hybridized carbons (Fsp3) is 0. The fourth-order valence-corrected chi connectivity index (χ4v) is 2.66. The Bertz CT molecular complexity index is 776. The van der Waals surface area contributed by atoms with E-state index in [4.69, 9.17) is 23.2 Å². The van der Waals surface area contributed by atoms with Crippen LogP contribution in [0.4, 0.5) is 0 Å². The van der Waals surface area contributed by atoms with Gasteiger partial charge >= 0.3 is 0 Å². The highest BCUT2D eigenvalue weighted by Crippen LogP contribution is 2.32. The summed E-state index contributed by atoms with van der Waals surface area (Å²) in [4.78, 5) is 23.9. The highest BCUT2D eigenvalue weighted by Gasteiger charge is 2.32. The summed E-state index contributed by atoms with van der Waals surface area (Å²) in [5, 5.41) is 0.959. The van der Waals surface area contributed by atoms with Crippen molar-refractivity contribution in [2.45, 2.75) is 0 Å². The van der Waals surface area contributed by atoms with Crippen LogP contribution >= 0.6 is 23.2 Å². The second-order valence-electron chi connectivity index (χ2n) is 4.43. The van der Waals surface area contributed by atoms with Crippen LogP contribution < -0.4 is 0 Å². The van der Waals surface area contributed by atoms with Crippen LogP contribution in [0.15, 0.2) is 42.5 Å². The summed E-state index contributed by atoms with van der Waals surface area (Å²) < 4.78 is 0. The van der Waals surface area contributed by atoms with Gasteiger partial charge in [-0.05, 0) is 29.3 Å². The predicted molar refractivity (Wildman–Crippen MR) is 80.1 cm³/mol. The van der Waals surface area contributed by atoms with Crippen molar-refractivity contribution >= 4 is 46.4 Å². The van der Waals surface area contributed by atoms with Crippen LogP contribution in [0.2, 0.25) is 10.0 Å². The van der Waals surface area contributed by atoms with Gasteiger partial charge in [0.1, 0.15) is 0 Å². The minimum absolute atomic E-state index is 0.370. The number of Topliss-reactive ketones (excluding diaryl/α,β-unsaturated/α-hetero) is 2. The fourth-order valence-electron chi connectivity index (χ4n) is 2.20. The van der Waals surface area contributed by atoms with Gasteiger partial charge in [-0.1, -0.05) is 53.5 Å². The number of halogens is 2. The van der Waals surface area contributed by atoms with E-state index >= 15 is 0 Å². The Hall–Kier alpha value is -1.90. The highest BCUT2D eigenvalue weighted by atomic mass is 35.5. The maximum Gasteiger partial charge on any atom is 0.234 e. The Morgan fingerprint density at radius 1 is 0.850 bits per heavy atom. The molecule has 2 aromatic carbocycles. The smallest absolute Gasteiger partial charge is 0.234 e. The number of benzene rings is 2. The van der Waals surface area contributed by atoms with Gasteiger partial charge in [0.05, 0.1) is 0 Å². The normalized spacial score (nSPS) is 15.8. The van der Waals surface area contributed by atoms with Crippen molar-refractivity contribution in [3.8, 4) is 0 Å². The summed E-state index contributed by atoms with van der Waals surface area (Å²) in [5.41, 5.74) is 2.11. The third-order valence-electron chi connectivity index (χ3n) is 3.18. The van der Waals surface area contributed by atoms with E-state index in [2.05, 4.69) is 0 Å². The topological polar surface area (TPSA) is 34.1 Å². The summed E-state index contributed by atoms with van der Waals surface area (Å²) in [6, 6.07) is 11.9. The summed E-state index contributed by atoms with van der Waals surface area (Å²) in [7, 11) is 0. The molecule has 1 aliphatic rings. The SMILES string of the molecule is O=C1C(=O)c2ccccc2C1=Cc1ccc(Cl)cc1Cl. The van der Waals surface area contributed by atoms with Crippen molar-refractivity contribution in [2.75, 3.05) is 0 Å². The zero-order valence-electron chi connectivity index (χ0n) is 10.2. The van der Waals surface area contributed by atoms with Crippen molar-refractivity contribution in [3.05, 3.63) is 69.2 Å². The molecule has 0 radical (unpaired) electrons. The van der Waals surface area contributed by atoms with Crippen molar-refractivity contribution in [3.63, 3.8) is 0 Å². The average molecular weight is 303 g/mol. The lowest BCUT2D eigenvalue weighted by atomic mass is 10.0. The second-order valence-corrected chi connectivity index (χ2v) is 5.27. The molecular formula is C16H8Cl2O2. The van der Waals surface area contributed by atoms with Crippen molar-refractivity contribution in [2.24, 2.45) is 0 Å². The van der Waals surface area contributed by atoms with E-state index in [1.807, 2.05) is 0 Å². The molecule has 0 bridgehead atoms. The molecule has 0 unspecified atom stereocenters. The van der Waals surface area contributed by atoms with Crippen LogP contribution in [0.3, 0.4) is 0 Å². The number of hydrogen-bond acceptors (Lipinski definition) is 2. The summed E-state index contributed by atoms with van der Waals surface area (Å²) in [6.45, 7) is 0. The van der Waals surface area contributed by atoms with Gasteiger partial charge in [0, 0.05) is 21.2 Å². The molecule has 2 nitrogen and oxygen atoms in total. The van der Waals surface area contributed by atoms with Crippen LogP contribution in [0.25, 0.3) is 11.6 Å². The van der Waals surface area contributed by atoms with Gasteiger partial charge in [0.25, 0.3) is 0 Å². The first kappa shape index (κ1) is 13.1. The van der Waals surface area contributed by atoms with E-state index in [9.17, 15) is 9.59 Å². The number of hydrogen-bond donors (Lipinski definition) is 0. The molecular weight excluding hydrogens is 295 g/mol. The molecule has 3 rings (SSSR count). The Balaban J connectivity index is 2.17. The van der Waals surface area contributed by atoms with E-state index in [1.165, 1.54) is 0 Å². The molecule has 0 saturated heterocycles. The van der Waals surface area contributed by atoms with Crippen molar-refractivity contribution in [1.82, 2.24) is 0 Å². The van der Waals surface area contributed by atoms with Gasteiger partial charge in [0.15, 0.2) is 0 Å². The quantitative estimate of drug-likeness (QED) is 0.581. The van der Waals surface area contributed by atoms with E-state index in [1.54, 1.807) is 48.5 Å². The molecule has 0 saturated carbocycles. The minimum Gasteiger partial charge on any atom is -0.285 e. The lowest BCUT2D eigenvalue weighted by Gasteiger charge is -2.02. The zero-order valence-corrected chi connectivity index (χ0v) is 11.7. The van der Waals surface area contributed by atoms with E-state index < -0.39 is 11.6 Å². The van der Waals surface area contributed by atoms with Crippen LogP contribution in [0, 0.1) is 0 Å². The zero-order chi connectivity index (χ0) is 14.3. The van der Waals surface area contributed by atoms with Crippen LogP contribution in [0.5, 0.6) is 0 Å². The number of carbonyl (C=O) groups is 2. The molecule has 0 atom stereocenters. The van der Waals surface area contributed by atoms with E-state index in [0.29, 0.717) is 32.3 Å². The summed E-state index contributed by atoms with van der Waals surface area (Å²) in [6.07, 6.45) is 1.63. The maximum absolute atomic E-state index is 12.1. The molecule has 0 aromatic heterocycles. The molecule has 1 aliphatic carbocycles. The third-order valence-corrected chi connectivity index (χ3v) is 3.74. The molecule has 98 valence electrons. The molecule has 0 fully saturated rings. The number of ketones is 2. The maximum atomic E-state index is 12.1. The summed E-state index contributed by atoms with van der Waals surface area (Å²) in [5.74, 6) is -0.978. The van der Waals surface area contributed by atoms with Gasteiger partial charge in [0.2, 0.25) is 11.6 Å². The van der Waals surface area contributed by atoms with Crippen molar-refractivity contribution in [1.29, 1.82) is 0 Å². The van der Waals surface area contributed by atoms with Gasteiger partial charge in [-0.2, -0.15) is 0 Å². The molecule has 0 amide bonds. The van der Waals surface area contributed by atoms with E-state index in [-0.39, 0.29) is 0 Å². The van der Waals surface area contributed by atoms with Gasteiger partial charge in [-0.15, -0.1) is 0 Å². The first-order chi connectivity index (χ1) is 9.58. The lowest BCUT2D eigenvalue weighted by Crippen LogP contribution is -2.05. The Morgan fingerprint density at radius 3 is 2.25 bits per heavy atom. The third kappa shape index (κ3) is 2.07. The molecule has 0 aliphatic heterocycles. The van der Waals surface area contributed by atoms with E-state index in [0.717, 1.165) is 0 Å². The Kier molecular flexibility index (Phi) is 3.20. The minimum atomic E-state index is -0.503. The molecule has 2 aromatic rings. The molecule has 0 N–H and O–H groups in total. The average Bonchev–Trinajstić information content (AvgIpc) is 2.67. The second kappa shape index (κ2) is 4.89. The van der Waals surface area contributed by atoms with Gasteiger partial charge in [-0.25, -0.2) is 0 Å². The largest absolute Gasteiger partial charge is 0.285 e. The number of allylic oxidation sites excluding steroid dienone is 1. The van der Waals surface area contributed by atoms with Gasteiger partial charge in [-0.3, -0.25) is 9.59 Å². The van der Waals surface area contributed by atoms with Crippen LogP contribution in [-0.4, -0.2) is 11.6 Å². The van der Waals surface area contributed by atoms with Crippen molar-refractivity contribution < 1.29 is 9.59 Å². The molecule has 4 heteroatoms. The predicted octanol–water partition coefficient (Wildman–Crippen LogP) is 4.30. The first-order valence-electron chi connectivity index (χ1n) is 5.93. The Labute approximate surface area is 125 Å². The monoisotopic (exact) mass is 302 g/mol. The molecule has 0 spiro atoms. The standard InChI is InChI=1S/C16H8Cl2O2/c17-10-6-5-9(14(18)8-10)7-13-11-3-1-2-4-12(11)15(19)16(13)20/h1-8H. The van der Waals surface area contributed by atoms with Crippen LogP contribution in [-0.2, 0) is 4.79 Å². The number of fused-ring (bicyclic) bond motifs is 1. The number of rotatable bonds is 1. The first-order valence-corrected chi connectivity index (χ1v) is 6.68. The summed E-state index contributed by atoms with van der Waals surface area (Å²) >= 11 is 11.9. The highest BCUT2D eigenvalue weighted by molar-refractivity contribution is 6.64. The number of carbonyl (C=O) groups excluding carboxylic acids is 2. The molecule has 20 heavy (non-hydrogen) atoms. The van der Waals surface area contributed by atoms with Gasteiger partial charge < -0.3 is 0 Å². The lowest BCUT2D eigenvalue weighted by molar-refractivity contribution is -0.109.